The lowest BCUT2D eigenvalue weighted by atomic mass is 9.78. The number of allylic oxidation sites excluding steroid dienone is 1. The zero-order chi connectivity index (χ0) is 22.8. The third-order valence-corrected chi connectivity index (χ3v) is 6.42. The molecule has 5 heteroatoms. The van der Waals surface area contributed by atoms with E-state index in [0.717, 1.165) is 51.7 Å². The number of nitrogens with one attached hydrogen (secondary N) is 2. The Bertz CT molecular complexity index is 1200. The number of hydrogen-bond acceptors (Lipinski definition) is 5. The quantitative estimate of drug-likeness (QED) is 0.504. The van der Waals surface area contributed by atoms with Gasteiger partial charge in [-0.1, -0.05) is 42.5 Å². The molecule has 5 rings (SSSR count). The average molecular weight is 441 g/mol. The molecule has 2 unspecified atom stereocenters. The molecule has 1 aliphatic carbocycles. The van der Waals surface area contributed by atoms with Gasteiger partial charge in [0, 0.05) is 23.6 Å². The molecule has 2 N–H and O–H groups in total. The van der Waals surface area contributed by atoms with Crippen LogP contribution in [0.4, 0.5) is 11.4 Å². The van der Waals surface area contributed by atoms with Crippen molar-refractivity contribution < 1.29 is 14.3 Å². The zero-order valence-electron chi connectivity index (χ0n) is 18.9. The number of carbonyl (C=O) groups is 1. The largest absolute Gasteiger partial charge is 0.497 e. The topological polar surface area (TPSA) is 59.6 Å². The Kier molecular flexibility index (Phi) is 5.78. The van der Waals surface area contributed by atoms with Gasteiger partial charge in [0.05, 0.1) is 31.1 Å². The van der Waals surface area contributed by atoms with E-state index in [2.05, 4.69) is 16.7 Å². The van der Waals surface area contributed by atoms with Crippen LogP contribution in [0.3, 0.4) is 0 Å². The lowest BCUT2D eigenvalue weighted by molar-refractivity contribution is -0.116. The molecule has 0 saturated carbocycles. The molecule has 1 heterocycles. The fourth-order valence-electron chi connectivity index (χ4n) is 4.86. The van der Waals surface area contributed by atoms with E-state index in [0.29, 0.717) is 13.0 Å². The molecule has 33 heavy (non-hydrogen) atoms. The van der Waals surface area contributed by atoms with Crippen molar-refractivity contribution in [3.8, 4) is 11.5 Å². The zero-order valence-corrected chi connectivity index (χ0v) is 18.9. The molecule has 3 aromatic carbocycles. The predicted octanol–water partition coefficient (Wildman–Crippen LogP) is 6.07. The van der Waals surface area contributed by atoms with Crippen LogP contribution in [0.5, 0.6) is 11.5 Å². The highest BCUT2D eigenvalue weighted by molar-refractivity contribution is 6.01. The highest BCUT2D eigenvalue weighted by atomic mass is 16.5. The normalized spacial score (nSPS) is 19.5. The summed E-state index contributed by atoms with van der Waals surface area (Å²) in [5, 5.41) is 7.22. The van der Waals surface area contributed by atoms with E-state index in [1.807, 2.05) is 73.7 Å². The minimum absolute atomic E-state index is 0.0632. The van der Waals surface area contributed by atoms with Gasteiger partial charge in [-0.25, -0.2) is 0 Å². The molecule has 0 radical (unpaired) electrons. The van der Waals surface area contributed by atoms with E-state index < -0.39 is 0 Å². The molecular formula is C28H28N2O3. The number of carbonyl (C=O) groups excluding carboxylic acids is 1. The fraction of sp³-hybridized carbons (Fsp3) is 0.250. The van der Waals surface area contributed by atoms with Crippen molar-refractivity contribution in [3.05, 3.63) is 95.2 Å². The summed E-state index contributed by atoms with van der Waals surface area (Å²) in [5.74, 6) is 1.87. The van der Waals surface area contributed by atoms with Crippen LogP contribution in [0.2, 0.25) is 0 Å². The molecule has 2 atom stereocenters. The number of anilines is 2. The van der Waals surface area contributed by atoms with Crippen LogP contribution < -0.4 is 20.1 Å². The Morgan fingerprint density at radius 1 is 0.909 bits per heavy atom. The molecule has 1 aliphatic heterocycles. The lowest BCUT2D eigenvalue weighted by Crippen LogP contribution is -2.27. The fourth-order valence-corrected chi connectivity index (χ4v) is 4.86. The van der Waals surface area contributed by atoms with Crippen LogP contribution >= 0.6 is 0 Å². The minimum atomic E-state index is -0.238. The van der Waals surface area contributed by atoms with Crippen LogP contribution in [0, 0.1) is 0 Å². The number of para-hydroxylation sites is 3. The number of methoxy groups -OCH3 is 1. The Morgan fingerprint density at radius 2 is 1.64 bits per heavy atom. The van der Waals surface area contributed by atoms with Crippen molar-refractivity contribution in [2.45, 2.75) is 31.7 Å². The molecule has 0 spiro atoms. The first-order chi connectivity index (χ1) is 16.2. The molecular weight excluding hydrogens is 412 g/mol. The second-order valence-electron chi connectivity index (χ2n) is 8.41. The highest BCUT2D eigenvalue weighted by Crippen LogP contribution is 2.45. The summed E-state index contributed by atoms with van der Waals surface area (Å²) in [5.41, 5.74) is 5.86. The second-order valence-corrected chi connectivity index (χ2v) is 8.41. The Labute approximate surface area is 194 Å². The van der Waals surface area contributed by atoms with Crippen molar-refractivity contribution >= 4 is 17.2 Å². The second kappa shape index (κ2) is 9.02. The van der Waals surface area contributed by atoms with Gasteiger partial charge in [-0.3, -0.25) is 4.79 Å². The van der Waals surface area contributed by atoms with E-state index in [4.69, 9.17) is 9.47 Å². The number of hydrogen-bond donors (Lipinski definition) is 2. The van der Waals surface area contributed by atoms with Gasteiger partial charge in [0.15, 0.2) is 5.78 Å². The van der Waals surface area contributed by atoms with Crippen LogP contribution in [-0.4, -0.2) is 19.5 Å². The lowest BCUT2D eigenvalue weighted by Gasteiger charge is -2.30. The van der Waals surface area contributed by atoms with E-state index in [1.165, 1.54) is 0 Å². The first kappa shape index (κ1) is 21.1. The molecule has 5 nitrogen and oxygen atoms in total. The summed E-state index contributed by atoms with van der Waals surface area (Å²) in [7, 11) is 1.66. The van der Waals surface area contributed by atoms with Gasteiger partial charge in [-0.05, 0) is 54.8 Å². The highest BCUT2D eigenvalue weighted by Gasteiger charge is 2.36. The molecule has 0 bridgehead atoms. The van der Waals surface area contributed by atoms with E-state index in [-0.39, 0.29) is 17.7 Å². The predicted molar refractivity (Wildman–Crippen MR) is 131 cm³/mol. The molecule has 0 aromatic heterocycles. The maximum Gasteiger partial charge on any atom is 0.163 e. The first-order valence-electron chi connectivity index (χ1n) is 11.4. The molecule has 3 aromatic rings. The third-order valence-electron chi connectivity index (χ3n) is 6.42. The first-order valence-corrected chi connectivity index (χ1v) is 11.4. The molecule has 2 aliphatic rings. The van der Waals surface area contributed by atoms with Crippen LogP contribution in [0.15, 0.2) is 84.1 Å². The van der Waals surface area contributed by atoms with Crippen LogP contribution in [-0.2, 0) is 4.79 Å². The summed E-state index contributed by atoms with van der Waals surface area (Å²) < 4.78 is 11.2. The molecule has 168 valence electrons. The summed E-state index contributed by atoms with van der Waals surface area (Å²) in [6.45, 7) is 2.58. The molecule has 0 saturated heterocycles. The Morgan fingerprint density at radius 3 is 2.39 bits per heavy atom. The van der Waals surface area contributed by atoms with Gasteiger partial charge in [0.1, 0.15) is 11.5 Å². The molecule has 0 fully saturated rings. The van der Waals surface area contributed by atoms with Gasteiger partial charge < -0.3 is 20.1 Å². The maximum atomic E-state index is 13.7. The summed E-state index contributed by atoms with van der Waals surface area (Å²) in [6, 6.07) is 23.9. The van der Waals surface area contributed by atoms with Gasteiger partial charge in [-0.2, -0.15) is 0 Å². The van der Waals surface area contributed by atoms with E-state index >= 15 is 0 Å². The van der Waals surface area contributed by atoms with Crippen molar-refractivity contribution in [3.63, 3.8) is 0 Å². The number of benzene rings is 3. The molecule has 0 amide bonds. The van der Waals surface area contributed by atoms with E-state index in [1.54, 1.807) is 7.11 Å². The van der Waals surface area contributed by atoms with Gasteiger partial charge in [0.2, 0.25) is 0 Å². The summed E-state index contributed by atoms with van der Waals surface area (Å²) in [6.07, 6.45) is 1.20. The van der Waals surface area contributed by atoms with Gasteiger partial charge in [0.25, 0.3) is 0 Å². The van der Waals surface area contributed by atoms with Crippen molar-refractivity contribution in [2.75, 3.05) is 24.4 Å². The SMILES string of the molecule is CCOc1ccccc1C1CC(=O)C2=C(C1)Nc1ccccc1NC2c1ccc(OC)cc1. The van der Waals surface area contributed by atoms with Crippen molar-refractivity contribution in [2.24, 2.45) is 0 Å². The standard InChI is InChI=1S/C28H28N2O3/c1-3-33-26-11-7-4-8-21(26)19-16-24-27(25(31)17-19)28(18-12-14-20(32-2)15-13-18)30-23-10-6-5-9-22(23)29-24/h4-15,19,28-30H,3,16-17H2,1-2H3. The van der Waals surface area contributed by atoms with Crippen molar-refractivity contribution in [1.29, 1.82) is 0 Å². The number of ether oxygens (including phenoxy) is 2. The number of ketones is 1. The smallest absolute Gasteiger partial charge is 0.163 e. The summed E-state index contributed by atoms with van der Waals surface area (Å²) in [4.78, 5) is 13.7. The average Bonchev–Trinajstić information content (AvgIpc) is 3.01. The Hall–Kier alpha value is -3.73. The third kappa shape index (κ3) is 4.07. The van der Waals surface area contributed by atoms with Gasteiger partial charge >= 0.3 is 0 Å². The minimum Gasteiger partial charge on any atom is -0.497 e. The van der Waals surface area contributed by atoms with E-state index in [9.17, 15) is 4.79 Å². The summed E-state index contributed by atoms with van der Waals surface area (Å²) >= 11 is 0. The number of fused-ring (bicyclic) bond motifs is 1. The van der Waals surface area contributed by atoms with Crippen LogP contribution in [0.25, 0.3) is 0 Å². The van der Waals surface area contributed by atoms with Crippen molar-refractivity contribution in [1.82, 2.24) is 0 Å². The van der Waals surface area contributed by atoms with Crippen LogP contribution in [0.1, 0.15) is 42.9 Å². The number of rotatable bonds is 5. The Balaban J connectivity index is 1.58. The number of Topliss-reactive ketones (excluding diaryl/α,β-unsaturated/α-hetero) is 1. The van der Waals surface area contributed by atoms with Gasteiger partial charge in [-0.15, -0.1) is 0 Å². The maximum absolute atomic E-state index is 13.7. The monoisotopic (exact) mass is 440 g/mol.